The Bertz CT molecular complexity index is 729. The van der Waals surface area contributed by atoms with Crippen molar-refractivity contribution in [1.29, 1.82) is 0 Å². The van der Waals surface area contributed by atoms with Crippen molar-refractivity contribution < 1.29 is 28.5 Å². The van der Waals surface area contributed by atoms with Gasteiger partial charge in [0.15, 0.2) is 11.5 Å². The SMILES string of the molecule is CCOCCOc1cc2c(cc1OCCOCC)C(=CC(=O)OCC)NC(C)(C)C2. The Kier molecular flexibility index (Phi) is 9.46. The molecule has 0 bridgehead atoms. The largest absolute Gasteiger partial charge is 0.487 e. The van der Waals surface area contributed by atoms with Gasteiger partial charge in [-0.05, 0) is 58.7 Å². The van der Waals surface area contributed by atoms with Gasteiger partial charge in [-0.1, -0.05) is 0 Å². The van der Waals surface area contributed by atoms with Crippen molar-refractivity contribution in [1.82, 2.24) is 5.32 Å². The van der Waals surface area contributed by atoms with Crippen LogP contribution in [0.1, 0.15) is 45.7 Å². The summed E-state index contributed by atoms with van der Waals surface area (Å²) in [6, 6.07) is 3.92. The lowest BCUT2D eigenvalue weighted by atomic mass is 9.85. The van der Waals surface area contributed by atoms with Crippen molar-refractivity contribution in [3.63, 3.8) is 0 Å². The predicted molar refractivity (Wildman–Crippen MR) is 116 cm³/mol. The van der Waals surface area contributed by atoms with Crippen LogP contribution in [-0.2, 0) is 25.4 Å². The van der Waals surface area contributed by atoms with E-state index in [1.807, 2.05) is 26.0 Å². The second-order valence-electron chi connectivity index (χ2n) is 7.54. The lowest BCUT2D eigenvalue weighted by Gasteiger charge is -2.36. The first-order valence-corrected chi connectivity index (χ1v) is 10.6. The summed E-state index contributed by atoms with van der Waals surface area (Å²) in [7, 11) is 0. The van der Waals surface area contributed by atoms with E-state index in [4.69, 9.17) is 23.7 Å². The van der Waals surface area contributed by atoms with E-state index in [-0.39, 0.29) is 11.5 Å². The minimum atomic E-state index is -0.375. The highest BCUT2D eigenvalue weighted by Gasteiger charge is 2.30. The lowest BCUT2D eigenvalue weighted by molar-refractivity contribution is -0.137. The van der Waals surface area contributed by atoms with E-state index in [9.17, 15) is 4.79 Å². The number of benzene rings is 1. The lowest BCUT2D eigenvalue weighted by Crippen LogP contribution is -2.44. The van der Waals surface area contributed by atoms with Crippen molar-refractivity contribution in [3.8, 4) is 11.5 Å². The van der Waals surface area contributed by atoms with Gasteiger partial charge < -0.3 is 29.0 Å². The maximum Gasteiger partial charge on any atom is 0.332 e. The predicted octanol–water partition coefficient (Wildman–Crippen LogP) is 3.35. The Labute approximate surface area is 179 Å². The van der Waals surface area contributed by atoms with Gasteiger partial charge >= 0.3 is 5.97 Å². The van der Waals surface area contributed by atoms with Gasteiger partial charge in [-0.2, -0.15) is 0 Å². The van der Waals surface area contributed by atoms with E-state index in [1.165, 1.54) is 6.08 Å². The number of hydrogen-bond acceptors (Lipinski definition) is 7. The summed E-state index contributed by atoms with van der Waals surface area (Å²) in [6.45, 7) is 13.3. The standard InChI is InChI=1S/C23H35NO6/c1-6-26-9-11-29-20-13-17-16-23(4,5)24-19(15-22(25)28-8-3)18(17)14-21(20)30-12-10-27-7-2/h13-15,24H,6-12,16H2,1-5H3. The molecule has 7 heteroatoms. The number of carbonyl (C=O) groups is 1. The summed E-state index contributed by atoms with van der Waals surface area (Å²) in [5, 5.41) is 3.44. The number of fused-ring (bicyclic) bond motifs is 1. The molecular weight excluding hydrogens is 386 g/mol. The monoisotopic (exact) mass is 421 g/mol. The zero-order valence-electron chi connectivity index (χ0n) is 18.8. The third-order valence-corrected chi connectivity index (χ3v) is 4.49. The zero-order valence-corrected chi connectivity index (χ0v) is 18.8. The van der Waals surface area contributed by atoms with Crippen LogP contribution < -0.4 is 14.8 Å². The molecule has 1 aromatic carbocycles. The number of nitrogens with one attached hydrogen (secondary N) is 1. The van der Waals surface area contributed by atoms with E-state index < -0.39 is 0 Å². The molecule has 0 saturated heterocycles. The van der Waals surface area contributed by atoms with E-state index in [2.05, 4.69) is 19.2 Å². The fourth-order valence-corrected chi connectivity index (χ4v) is 3.30. The summed E-state index contributed by atoms with van der Waals surface area (Å²) in [5.74, 6) is 0.902. The molecule has 0 saturated carbocycles. The van der Waals surface area contributed by atoms with Crippen molar-refractivity contribution in [2.75, 3.05) is 46.2 Å². The maximum atomic E-state index is 12.1. The van der Waals surface area contributed by atoms with Crippen molar-refractivity contribution in [2.45, 2.75) is 46.6 Å². The molecule has 0 aromatic heterocycles. The summed E-state index contributed by atoms with van der Waals surface area (Å²) in [4.78, 5) is 12.1. The molecular formula is C23H35NO6. The van der Waals surface area contributed by atoms with Crippen molar-refractivity contribution in [3.05, 3.63) is 29.3 Å². The van der Waals surface area contributed by atoms with Crippen LogP contribution in [0.2, 0.25) is 0 Å². The number of hydrogen-bond donors (Lipinski definition) is 1. The molecule has 1 aliphatic heterocycles. The molecule has 0 amide bonds. The van der Waals surface area contributed by atoms with Crippen molar-refractivity contribution >= 4 is 11.7 Å². The molecule has 1 N–H and O–H groups in total. The van der Waals surface area contributed by atoms with Gasteiger partial charge in [0, 0.05) is 36.1 Å². The van der Waals surface area contributed by atoms with E-state index >= 15 is 0 Å². The summed E-state index contributed by atoms with van der Waals surface area (Å²) < 4.78 is 27.8. The number of carbonyl (C=O) groups excluding carboxylic acids is 1. The first-order chi connectivity index (χ1) is 14.4. The molecule has 30 heavy (non-hydrogen) atoms. The number of esters is 1. The third-order valence-electron chi connectivity index (χ3n) is 4.49. The van der Waals surface area contributed by atoms with Crippen LogP contribution in [0, 0.1) is 0 Å². The Morgan fingerprint density at radius 2 is 1.57 bits per heavy atom. The molecule has 1 aliphatic rings. The Morgan fingerprint density at radius 3 is 2.13 bits per heavy atom. The highest BCUT2D eigenvalue weighted by Crippen LogP contribution is 2.38. The number of ether oxygens (including phenoxy) is 5. The van der Waals surface area contributed by atoms with Crippen LogP contribution in [-0.4, -0.2) is 57.8 Å². The van der Waals surface area contributed by atoms with Gasteiger partial charge in [0.2, 0.25) is 0 Å². The molecule has 7 nitrogen and oxygen atoms in total. The van der Waals surface area contributed by atoms with Crippen LogP contribution >= 0.6 is 0 Å². The fourth-order valence-electron chi connectivity index (χ4n) is 3.30. The van der Waals surface area contributed by atoms with Crippen LogP contribution in [0.15, 0.2) is 18.2 Å². The maximum absolute atomic E-state index is 12.1. The first-order valence-electron chi connectivity index (χ1n) is 10.6. The zero-order chi connectivity index (χ0) is 22.0. The van der Waals surface area contributed by atoms with Crippen LogP contribution in [0.3, 0.4) is 0 Å². The van der Waals surface area contributed by atoms with Crippen LogP contribution in [0.5, 0.6) is 11.5 Å². The highest BCUT2D eigenvalue weighted by atomic mass is 16.6. The number of rotatable bonds is 12. The minimum absolute atomic E-state index is 0.217. The minimum Gasteiger partial charge on any atom is -0.487 e. The summed E-state index contributed by atoms with van der Waals surface area (Å²) >= 11 is 0. The Balaban J connectivity index is 2.36. The smallest absolute Gasteiger partial charge is 0.332 e. The van der Waals surface area contributed by atoms with E-state index in [1.54, 1.807) is 6.92 Å². The van der Waals surface area contributed by atoms with Gasteiger partial charge in [0.1, 0.15) is 13.2 Å². The first kappa shape index (κ1) is 24.0. The van der Waals surface area contributed by atoms with E-state index in [0.29, 0.717) is 57.7 Å². The Morgan fingerprint density at radius 1 is 0.967 bits per heavy atom. The fraction of sp³-hybridized carbons (Fsp3) is 0.609. The quantitative estimate of drug-likeness (QED) is 0.315. The van der Waals surface area contributed by atoms with Gasteiger partial charge in [-0.15, -0.1) is 0 Å². The normalized spacial score (nSPS) is 16.0. The molecule has 168 valence electrons. The van der Waals surface area contributed by atoms with Crippen LogP contribution in [0.25, 0.3) is 5.70 Å². The van der Waals surface area contributed by atoms with E-state index in [0.717, 1.165) is 23.2 Å². The topological polar surface area (TPSA) is 75.2 Å². The average molecular weight is 422 g/mol. The third kappa shape index (κ3) is 7.22. The molecule has 0 unspecified atom stereocenters. The second kappa shape index (κ2) is 11.8. The molecule has 1 aromatic rings. The van der Waals surface area contributed by atoms with Gasteiger partial charge in [0.25, 0.3) is 0 Å². The Hall–Kier alpha value is -2.25. The summed E-state index contributed by atoms with van der Waals surface area (Å²) in [6.07, 6.45) is 2.28. The summed E-state index contributed by atoms with van der Waals surface area (Å²) in [5.41, 5.74) is 2.49. The second-order valence-corrected chi connectivity index (χ2v) is 7.54. The van der Waals surface area contributed by atoms with Gasteiger partial charge in [-0.25, -0.2) is 4.79 Å². The van der Waals surface area contributed by atoms with Gasteiger partial charge in [0.05, 0.1) is 19.8 Å². The molecule has 0 fully saturated rings. The van der Waals surface area contributed by atoms with Gasteiger partial charge in [-0.3, -0.25) is 0 Å². The molecule has 0 radical (unpaired) electrons. The molecule has 0 aliphatic carbocycles. The average Bonchev–Trinajstić information content (AvgIpc) is 2.68. The highest BCUT2D eigenvalue weighted by molar-refractivity contribution is 5.92. The van der Waals surface area contributed by atoms with Crippen molar-refractivity contribution in [2.24, 2.45) is 0 Å². The van der Waals surface area contributed by atoms with Crippen LogP contribution in [0.4, 0.5) is 0 Å². The molecule has 2 rings (SSSR count). The molecule has 1 heterocycles. The molecule has 0 spiro atoms. The molecule has 0 atom stereocenters.